The molecule has 3 nitrogen and oxygen atoms in total. The van der Waals surface area contributed by atoms with Crippen LogP contribution in [0.25, 0.3) is 0 Å². The molecule has 2 rings (SSSR count). The van der Waals surface area contributed by atoms with E-state index in [-0.39, 0.29) is 0 Å². The quantitative estimate of drug-likeness (QED) is 0.901. The molecule has 1 heterocycles. The van der Waals surface area contributed by atoms with Gasteiger partial charge in [0.1, 0.15) is 11.5 Å². The number of ether oxygens (including phenoxy) is 1. The normalized spacial score (nSPS) is 10.2. The van der Waals surface area contributed by atoms with Gasteiger partial charge in [0.05, 0.1) is 18.1 Å². The topological polar surface area (TPSA) is 34.2 Å². The number of nitrogens with zero attached hydrogens (tertiary/aromatic N) is 1. The highest BCUT2D eigenvalue weighted by molar-refractivity contribution is 6.30. The highest BCUT2D eigenvalue weighted by atomic mass is 35.5. The molecule has 4 heteroatoms. The molecule has 0 radical (unpaired) electrons. The second kappa shape index (κ2) is 5.27. The first-order chi connectivity index (χ1) is 8.60. The molecule has 0 aliphatic carbocycles. The van der Waals surface area contributed by atoms with E-state index in [9.17, 15) is 0 Å². The third-order valence-electron chi connectivity index (χ3n) is 2.65. The lowest BCUT2D eigenvalue weighted by Gasteiger charge is -2.12. The maximum Gasteiger partial charge on any atom is 0.147 e. The van der Waals surface area contributed by atoms with Crippen LogP contribution in [0.3, 0.4) is 0 Å². The maximum absolute atomic E-state index is 5.99. The number of hydrogen-bond donors (Lipinski definition) is 1. The number of nitrogens with one attached hydrogen (secondary N) is 1. The van der Waals surface area contributed by atoms with Crippen LogP contribution in [-0.4, -0.2) is 12.0 Å². The monoisotopic (exact) mass is 262 g/mol. The third-order valence-corrected chi connectivity index (χ3v) is 2.87. The first-order valence-electron chi connectivity index (χ1n) is 5.67. The Labute approximate surface area is 112 Å². The average molecular weight is 263 g/mol. The molecule has 2 aromatic rings. The number of benzene rings is 1. The Bertz CT molecular complexity index is 546. The Morgan fingerprint density at radius 2 is 1.78 bits per heavy atom. The van der Waals surface area contributed by atoms with Gasteiger partial charge in [0.15, 0.2) is 0 Å². The largest absolute Gasteiger partial charge is 0.455 e. The van der Waals surface area contributed by atoms with Gasteiger partial charge in [0.2, 0.25) is 0 Å². The molecule has 0 saturated carbocycles. The van der Waals surface area contributed by atoms with Gasteiger partial charge in [-0.05, 0) is 37.1 Å². The molecule has 0 fully saturated rings. The molecule has 0 amide bonds. The summed E-state index contributed by atoms with van der Waals surface area (Å²) in [5.41, 5.74) is 2.93. The van der Waals surface area contributed by atoms with Crippen LogP contribution in [0.4, 0.5) is 5.69 Å². The summed E-state index contributed by atoms with van der Waals surface area (Å²) in [7, 11) is 1.85. The van der Waals surface area contributed by atoms with E-state index in [0.29, 0.717) is 5.75 Å². The molecule has 0 aliphatic rings. The van der Waals surface area contributed by atoms with E-state index < -0.39 is 0 Å². The van der Waals surface area contributed by atoms with Gasteiger partial charge in [-0.15, -0.1) is 0 Å². The molecule has 0 saturated heterocycles. The minimum Gasteiger partial charge on any atom is -0.455 e. The standard InChI is InChI=1S/C14H15ClN2O/c1-9-4-11(15)5-10(2)14(9)18-13-6-12(16-3)7-17-8-13/h4-8,16H,1-3H3. The number of aryl methyl sites for hydroxylation is 2. The molecule has 1 N–H and O–H groups in total. The lowest BCUT2D eigenvalue weighted by Crippen LogP contribution is -1.94. The fourth-order valence-electron chi connectivity index (χ4n) is 1.79. The molecule has 94 valence electrons. The highest BCUT2D eigenvalue weighted by Crippen LogP contribution is 2.31. The minimum absolute atomic E-state index is 0.704. The van der Waals surface area contributed by atoms with E-state index in [1.165, 1.54) is 0 Å². The third kappa shape index (κ3) is 2.74. The van der Waals surface area contributed by atoms with Gasteiger partial charge in [-0.3, -0.25) is 4.98 Å². The van der Waals surface area contributed by atoms with Gasteiger partial charge in [-0.2, -0.15) is 0 Å². The van der Waals surface area contributed by atoms with Crippen LogP contribution in [0.1, 0.15) is 11.1 Å². The van der Waals surface area contributed by atoms with Crippen molar-refractivity contribution in [2.75, 3.05) is 12.4 Å². The van der Waals surface area contributed by atoms with Crippen LogP contribution < -0.4 is 10.1 Å². The summed E-state index contributed by atoms with van der Waals surface area (Å²) < 4.78 is 5.88. The number of aromatic nitrogens is 1. The zero-order chi connectivity index (χ0) is 13.1. The Balaban J connectivity index is 2.33. The lowest BCUT2D eigenvalue weighted by atomic mass is 10.1. The van der Waals surface area contributed by atoms with Crippen LogP contribution in [0.15, 0.2) is 30.6 Å². The van der Waals surface area contributed by atoms with Gasteiger partial charge >= 0.3 is 0 Å². The second-order valence-electron chi connectivity index (χ2n) is 4.13. The van der Waals surface area contributed by atoms with E-state index in [4.69, 9.17) is 16.3 Å². The van der Waals surface area contributed by atoms with Gasteiger partial charge in [0.25, 0.3) is 0 Å². The smallest absolute Gasteiger partial charge is 0.147 e. The van der Waals surface area contributed by atoms with Crippen LogP contribution >= 0.6 is 11.6 Å². The van der Waals surface area contributed by atoms with E-state index in [2.05, 4.69) is 10.3 Å². The molecule has 0 bridgehead atoms. The van der Waals surface area contributed by atoms with Gasteiger partial charge in [0, 0.05) is 18.1 Å². The summed E-state index contributed by atoms with van der Waals surface area (Å²) in [5.74, 6) is 1.53. The Morgan fingerprint density at radius 3 is 2.39 bits per heavy atom. The Kier molecular flexibility index (Phi) is 3.72. The summed E-state index contributed by atoms with van der Waals surface area (Å²) in [5, 5.41) is 3.75. The number of hydrogen-bond acceptors (Lipinski definition) is 3. The van der Waals surface area contributed by atoms with Crippen molar-refractivity contribution in [3.8, 4) is 11.5 Å². The number of halogens is 1. The average Bonchev–Trinajstić information content (AvgIpc) is 2.34. The van der Waals surface area contributed by atoms with Gasteiger partial charge in [-0.1, -0.05) is 11.6 Å². The van der Waals surface area contributed by atoms with E-state index >= 15 is 0 Å². The summed E-state index contributed by atoms with van der Waals surface area (Å²) in [6, 6.07) is 5.68. The van der Waals surface area contributed by atoms with Crippen molar-refractivity contribution in [3.05, 3.63) is 46.7 Å². The number of anilines is 1. The van der Waals surface area contributed by atoms with E-state index in [1.807, 2.05) is 39.1 Å². The zero-order valence-corrected chi connectivity index (χ0v) is 11.4. The first kappa shape index (κ1) is 12.7. The van der Waals surface area contributed by atoms with E-state index in [0.717, 1.165) is 27.6 Å². The maximum atomic E-state index is 5.99. The van der Waals surface area contributed by atoms with Gasteiger partial charge in [-0.25, -0.2) is 0 Å². The molecule has 0 spiro atoms. The predicted molar refractivity (Wildman–Crippen MR) is 74.8 cm³/mol. The molecular weight excluding hydrogens is 248 g/mol. The lowest BCUT2D eigenvalue weighted by molar-refractivity contribution is 0.473. The fourth-order valence-corrected chi connectivity index (χ4v) is 2.11. The van der Waals surface area contributed by atoms with Crippen LogP contribution in [0, 0.1) is 13.8 Å². The van der Waals surface area contributed by atoms with Crippen molar-refractivity contribution in [2.24, 2.45) is 0 Å². The summed E-state index contributed by atoms with van der Waals surface area (Å²) in [4.78, 5) is 4.11. The zero-order valence-electron chi connectivity index (χ0n) is 10.6. The van der Waals surface area contributed by atoms with Crippen molar-refractivity contribution >= 4 is 17.3 Å². The molecular formula is C14H15ClN2O. The van der Waals surface area contributed by atoms with Crippen molar-refractivity contribution in [1.82, 2.24) is 4.98 Å². The van der Waals surface area contributed by atoms with Crippen LogP contribution in [0.5, 0.6) is 11.5 Å². The Hall–Kier alpha value is -1.74. The number of rotatable bonds is 3. The second-order valence-corrected chi connectivity index (χ2v) is 4.57. The molecule has 0 atom stereocenters. The summed E-state index contributed by atoms with van der Waals surface area (Å²) in [6.07, 6.45) is 3.43. The molecule has 0 aliphatic heterocycles. The van der Waals surface area contributed by atoms with Crippen LogP contribution in [-0.2, 0) is 0 Å². The fraction of sp³-hybridized carbons (Fsp3) is 0.214. The van der Waals surface area contributed by atoms with Crippen molar-refractivity contribution in [1.29, 1.82) is 0 Å². The predicted octanol–water partition coefficient (Wildman–Crippen LogP) is 4.19. The van der Waals surface area contributed by atoms with Gasteiger partial charge < -0.3 is 10.1 Å². The minimum atomic E-state index is 0.704. The first-order valence-corrected chi connectivity index (χ1v) is 6.05. The van der Waals surface area contributed by atoms with Crippen LogP contribution in [0.2, 0.25) is 5.02 Å². The summed E-state index contributed by atoms with van der Waals surface area (Å²) in [6.45, 7) is 3.95. The molecule has 0 unspecified atom stereocenters. The SMILES string of the molecule is CNc1cncc(Oc2c(C)cc(Cl)cc2C)c1. The molecule has 18 heavy (non-hydrogen) atoms. The van der Waals surface area contributed by atoms with Crippen molar-refractivity contribution in [2.45, 2.75) is 13.8 Å². The summed E-state index contributed by atoms with van der Waals surface area (Å²) >= 11 is 5.99. The highest BCUT2D eigenvalue weighted by Gasteiger charge is 2.07. The van der Waals surface area contributed by atoms with E-state index in [1.54, 1.807) is 12.4 Å². The Morgan fingerprint density at radius 1 is 1.11 bits per heavy atom. The molecule has 1 aromatic carbocycles. The van der Waals surface area contributed by atoms with Crippen molar-refractivity contribution < 1.29 is 4.74 Å². The molecule has 1 aromatic heterocycles. The number of pyridine rings is 1. The van der Waals surface area contributed by atoms with Crippen molar-refractivity contribution in [3.63, 3.8) is 0 Å².